The highest BCUT2D eigenvalue weighted by atomic mass is 16.2. The first-order valence-corrected chi connectivity index (χ1v) is 9.91. The number of rotatable bonds is 6. The largest absolute Gasteiger partial charge is 0.324 e. The van der Waals surface area contributed by atoms with Crippen LogP contribution < -0.4 is 5.32 Å². The van der Waals surface area contributed by atoms with Crippen molar-refractivity contribution < 1.29 is 4.79 Å². The smallest absolute Gasteiger partial charge is 0.241 e. The molecule has 2 aromatic carbocycles. The molecule has 0 aliphatic carbocycles. The van der Waals surface area contributed by atoms with Crippen LogP contribution in [-0.4, -0.2) is 54.5 Å². The highest BCUT2D eigenvalue weighted by Crippen LogP contribution is 2.17. The molecule has 1 saturated heterocycles. The molecular formula is C23H31N3O. The van der Waals surface area contributed by atoms with Crippen molar-refractivity contribution in [1.29, 1.82) is 0 Å². The van der Waals surface area contributed by atoms with Gasteiger partial charge in [-0.3, -0.25) is 9.69 Å². The van der Waals surface area contributed by atoms with E-state index >= 15 is 0 Å². The average Bonchev–Trinajstić information content (AvgIpc) is 2.70. The molecule has 4 heteroatoms. The first-order chi connectivity index (χ1) is 13.0. The summed E-state index contributed by atoms with van der Waals surface area (Å²) in [6, 6.07) is 16.7. The molecular weight excluding hydrogens is 334 g/mol. The van der Waals surface area contributed by atoms with Gasteiger partial charge in [-0.1, -0.05) is 42.5 Å². The van der Waals surface area contributed by atoms with Gasteiger partial charge >= 0.3 is 0 Å². The van der Waals surface area contributed by atoms with Crippen LogP contribution in [0, 0.1) is 13.8 Å². The molecule has 0 aromatic heterocycles. The van der Waals surface area contributed by atoms with Crippen LogP contribution in [-0.2, 0) is 11.2 Å². The van der Waals surface area contributed by atoms with Crippen molar-refractivity contribution in [2.45, 2.75) is 33.2 Å². The molecule has 1 aliphatic heterocycles. The van der Waals surface area contributed by atoms with Crippen molar-refractivity contribution in [3.63, 3.8) is 0 Å². The zero-order chi connectivity index (χ0) is 19.2. The second-order valence-electron chi connectivity index (χ2n) is 7.60. The zero-order valence-corrected chi connectivity index (χ0v) is 16.7. The SMILES string of the molecule is Cc1ccc(C)c(NC(=O)C(C)N2CCN(CCc3ccccc3)CC2)c1. The zero-order valence-electron chi connectivity index (χ0n) is 16.7. The molecule has 1 N–H and O–H groups in total. The third kappa shape index (κ3) is 5.41. The number of nitrogens with zero attached hydrogens (tertiary/aromatic N) is 2. The predicted molar refractivity (Wildman–Crippen MR) is 112 cm³/mol. The van der Waals surface area contributed by atoms with Gasteiger partial charge in [0.15, 0.2) is 0 Å². The standard InChI is InChI=1S/C23H31N3O/c1-18-9-10-19(2)22(17-18)24-23(27)20(3)26-15-13-25(14-16-26)12-11-21-7-5-4-6-8-21/h4-10,17,20H,11-16H2,1-3H3,(H,24,27). The fraction of sp³-hybridized carbons (Fsp3) is 0.435. The molecule has 0 saturated carbocycles. The third-order valence-electron chi connectivity index (χ3n) is 5.54. The van der Waals surface area contributed by atoms with Crippen molar-refractivity contribution >= 4 is 11.6 Å². The Bertz CT molecular complexity index is 751. The Morgan fingerprint density at radius 3 is 2.44 bits per heavy atom. The Kier molecular flexibility index (Phi) is 6.64. The molecule has 3 rings (SSSR count). The van der Waals surface area contributed by atoms with Crippen LogP contribution in [0.4, 0.5) is 5.69 Å². The molecule has 1 fully saturated rings. The lowest BCUT2D eigenvalue weighted by molar-refractivity contribution is -0.121. The number of hydrogen-bond acceptors (Lipinski definition) is 3. The van der Waals surface area contributed by atoms with Gasteiger partial charge < -0.3 is 10.2 Å². The maximum Gasteiger partial charge on any atom is 0.241 e. The molecule has 1 atom stereocenters. The van der Waals surface area contributed by atoms with E-state index in [-0.39, 0.29) is 11.9 Å². The second-order valence-corrected chi connectivity index (χ2v) is 7.60. The van der Waals surface area contributed by atoms with Crippen LogP contribution in [0.25, 0.3) is 0 Å². The highest BCUT2D eigenvalue weighted by Gasteiger charge is 2.25. The van der Waals surface area contributed by atoms with E-state index in [4.69, 9.17) is 0 Å². The van der Waals surface area contributed by atoms with Crippen molar-refractivity contribution in [2.75, 3.05) is 38.0 Å². The maximum atomic E-state index is 12.7. The van der Waals surface area contributed by atoms with Crippen molar-refractivity contribution in [3.05, 3.63) is 65.2 Å². The molecule has 0 bridgehead atoms. The van der Waals surface area contributed by atoms with Gasteiger partial charge in [0.25, 0.3) is 0 Å². The Labute approximate surface area is 163 Å². The summed E-state index contributed by atoms with van der Waals surface area (Å²) in [5.41, 5.74) is 4.58. The first kappa shape index (κ1) is 19.6. The van der Waals surface area contributed by atoms with Gasteiger partial charge in [0.05, 0.1) is 6.04 Å². The minimum atomic E-state index is -0.110. The molecule has 1 amide bonds. The van der Waals surface area contributed by atoms with Gasteiger partial charge in [0.2, 0.25) is 5.91 Å². The average molecular weight is 366 g/mol. The number of nitrogens with one attached hydrogen (secondary N) is 1. The predicted octanol–water partition coefficient (Wildman–Crippen LogP) is 3.49. The number of anilines is 1. The Morgan fingerprint density at radius 2 is 1.74 bits per heavy atom. The molecule has 0 radical (unpaired) electrons. The number of benzene rings is 2. The van der Waals surface area contributed by atoms with Crippen LogP contribution in [0.2, 0.25) is 0 Å². The summed E-state index contributed by atoms with van der Waals surface area (Å²) >= 11 is 0. The monoisotopic (exact) mass is 365 g/mol. The van der Waals surface area contributed by atoms with E-state index in [1.54, 1.807) is 0 Å². The van der Waals surface area contributed by atoms with Crippen LogP contribution in [0.3, 0.4) is 0 Å². The number of amides is 1. The van der Waals surface area contributed by atoms with Crippen LogP contribution in [0.5, 0.6) is 0 Å². The van der Waals surface area contributed by atoms with Crippen LogP contribution in [0.15, 0.2) is 48.5 Å². The summed E-state index contributed by atoms with van der Waals surface area (Å²) < 4.78 is 0. The van der Waals surface area contributed by atoms with E-state index in [0.717, 1.165) is 56.0 Å². The second kappa shape index (κ2) is 9.16. The molecule has 1 aliphatic rings. The molecule has 27 heavy (non-hydrogen) atoms. The van der Waals surface area contributed by atoms with Crippen molar-refractivity contribution in [3.8, 4) is 0 Å². The van der Waals surface area contributed by atoms with Crippen LogP contribution in [0.1, 0.15) is 23.6 Å². The summed E-state index contributed by atoms with van der Waals surface area (Å²) in [5, 5.41) is 3.11. The Hall–Kier alpha value is -2.17. The molecule has 0 spiro atoms. The minimum Gasteiger partial charge on any atom is -0.324 e. The summed E-state index contributed by atoms with van der Waals surface area (Å²) in [7, 11) is 0. The lowest BCUT2D eigenvalue weighted by Crippen LogP contribution is -2.53. The molecule has 1 heterocycles. The van der Waals surface area contributed by atoms with E-state index in [1.807, 2.05) is 26.8 Å². The maximum absolute atomic E-state index is 12.7. The fourth-order valence-electron chi connectivity index (χ4n) is 3.58. The number of piperazine rings is 1. The minimum absolute atomic E-state index is 0.0847. The summed E-state index contributed by atoms with van der Waals surface area (Å²) in [6.07, 6.45) is 1.09. The quantitative estimate of drug-likeness (QED) is 0.851. The topological polar surface area (TPSA) is 35.6 Å². The summed E-state index contributed by atoms with van der Waals surface area (Å²) in [4.78, 5) is 17.5. The van der Waals surface area contributed by atoms with Gasteiger partial charge in [0, 0.05) is 38.4 Å². The number of hydrogen-bond donors (Lipinski definition) is 1. The van der Waals surface area contributed by atoms with Gasteiger partial charge in [-0.2, -0.15) is 0 Å². The number of carbonyl (C=O) groups excluding carboxylic acids is 1. The lowest BCUT2D eigenvalue weighted by Gasteiger charge is -2.37. The van der Waals surface area contributed by atoms with E-state index in [0.29, 0.717) is 0 Å². The van der Waals surface area contributed by atoms with E-state index in [1.165, 1.54) is 5.56 Å². The lowest BCUT2D eigenvalue weighted by atomic mass is 10.1. The fourth-order valence-corrected chi connectivity index (χ4v) is 3.58. The normalized spacial score (nSPS) is 16.9. The van der Waals surface area contributed by atoms with Crippen molar-refractivity contribution in [2.24, 2.45) is 0 Å². The number of aryl methyl sites for hydroxylation is 2. The Balaban J connectivity index is 1.47. The molecule has 2 aromatic rings. The Morgan fingerprint density at radius 1 is 1.04 bits per heavy atom. The van der Waals surface area contributed by atoms with Crippen LogP contribution >= 0.6 is 0 Å². The molecule has 1 unspecified atom stereocenters. The van der Waals surface area contributed by atoms with Crippen molar-refractivity contribution in [1.82, 2.24) is 9.80 Å². The van der Waals surface area contributed by atoms with Gasteiger partial charge in [-0.15, -0.1) is 0 Å². The van der Waals surface area contributed by atoms with E-state index in [9.17, 15) is 4.79 Å². The van der Waals surface area contributed by atoms with Gasteiger partial charge in [-0.05, 0) is 49.9 Å². The summed E-state index contributed by atoms with van der Waals surface area (Å²) in [5.74, 6) is 0.0847. The van der Waals surface area contributed by atoms with Gasteiger partial charge in [-0.25, -0.2) is 0 Å². The third-order valence-corrected chi connectivity index (χ3v) is 5.54. The van der Waals surface area contributed by atoms with Gasteiger partial charge in [0.1, 0.15) is 0 Å². The van der Waals surface area contributed by atoms with E-state index in [2.05, 4.69) is 57.6 Å². The van der Waals surface area contributed by atoms with E-state index < -0.39 is 0 Å². The summed E-state index contributed by atoms with van der Waals surface area (Å²) in [6.45, 7) is 11.1. The number of carbonyl (C=O) groups is 1. The molecule has 144 valence electrons. The highest BCUT2D eigenvalue weighted by molar-refractivity contribution is 5.95. The molecule has 4 nitrogen and oxygen atoms in total. The first-order valence-electron chi connectivity index (χ1n) is 9.91.